The van der Waals surface area contributed by atoms with Gasteiger partial charge in [0.25, 0.3) is 0 Å². The first-order valence-corrected chi connectivity index (χ1v) is 11.9. The van der Waals surface area contributed by atoms with E-state index in [4.69, 9.17) is 32.7 Å². The number of amides is 1. The monoisotopic (exact) mass is 482 g/mol. The number of benzene rings is 2. The van der Waals surface area contributed by atoms with E-state index in [1.54, 1.807) is 17.0 Å². The molecule has 0 N–H and O–H groups in total. The highest BCUT2D eigenvalue weighted by Gasteiger charge is 2.32. The zero-order chi connectivity index (χ0) is 22.0. The Bertz CT molecular complexity index is 1110. The summed E-state index contributed by atoms with van der Waals surface area (Å²) in [6.07, 6.45) is 3.17. The van der Waals surface area contributed by atoms with Gasteiger partial charge in [-0.1, -0.05) is 35.3 Å². The van der Waals surface area contributed by atoms with Crippen molar-refractivity contribution in [1.82, 2.24) is 9.21 Å². The summed E-state index contributed by atoms with van der Waals surface area (Å²) in [5, 5.41) is 0.154. The maximum atomic E-state index is 13.0. The van der Waals surface area contributed by atoms with Crippen LogP contribution in [0.5, 0.6) is 11.5 Å². The zero-order valence-electron chi connectivity index (χ0n) is 16.5. The van der Waals surface area contributed by atoms with Crippen molar-refractivity contribution in [3.05, 3.63) is 58.1 Å². The Morgan fingerprint density at radius 2 is 1.58 bits per heavy atom. The number of sulfonamides is 1. The highest BCUT2D eigenvalue weighted by molar-refractivity contribution is 7.89. The summed E-state index contributed by atoms with van der Waals surface area (Å²) in [4.78, 5) is 14.1. The molecule has 0 unspecified atom stereocenters. The fourth-order valence-corrected chi connectivity index (χ4v) is 5.96. The number of hydrogen-bond donors (Lipinski definition) is 0. The second kappa shape index (κ2) is 9.08. The van der Waals surface area contributed by atoms with E-state index in [1.807, 2.05) is 18.2 Å². The van der Waals surface area contributed by atoms with Gasteiger partial charge in [0.05, 0.1) is 10.0 Å². The first-order chi connectivity index (χ1) is 14.9. The summed E-state index contributed by atoms with van der Waals surface area (Å²) < 4.78 is 38.2. The third-order valence-electron chi connectivity index (χ3n) is 5.05. The predicted molar refractivity (Wildman–Crippen MR) is 118 cm³/mol. The van der Waals surface area contributed by atoms with Gasteiger partial charge in [0.1, 0.15) is 18.1 Å². The fourth-order valence-electron chi connectivity index (χ4n) is 3.44. The van der Waals surface area contributed by atoms with Crippen molar-refractivity contribution in [2.75, 3.05) is 39.4 Å². The first kappa shape index (κ1) is 22.0. The van der Waals surface area contributed by atoms with E-state index >= 15 is 0 Å². The molecule has 2 aliphatic rings. The van der Waals surface area contributed by atoms with Gasteiger partial charge < -0.3 is 14.4 Å². The van der Waals surface area contributed by atoms with Gasteiger partial charge in [-0.25, -0.2) is 8.42 Å². The summed E-state index contributed by atoms with van der Waals surface area (Å²) in [7, 11) is -3.85. The molecule has 10 heteroatoms. The van der Waals surface area contributed by atoms with E-state index in [-0.39, 0.29) is 47.0 Å². The van der Waals surface area contributed by atoms with E-state index in [1.165, 1.54) is 22.5 Å². The van der Waals surface area contributed by atoms with Gasteiger partial charge in [-0.2, -0.15) is 4.31 Å². The molecule has 0 atom stereocenters. The predicted octanol–water partition coefficient (Wildman–Crippen LogP) is 3.31. The Kier molecular flexibility index (Phi) is 6.43. The Hall–Kier alpha value is -2.26. The third-order valence-corrected chi connectivity index (χ3v) is 7.91. The minimum absolute atomic E-state index is 0.0772. The highest BCUT2D eigenvalue weighted by Crippen LogP contribution is 2.32. The van der Waals surface area contributed by atoms with Crippen LogP contribution in [0.2, 0.25) is 10.0 Å². The summed E-state index contributed by atoms with van der Waals surface area (Å²) in [5.41, 5.74) is 0.812. The Morgan fingerprint density at radius 1 is 0.935 bits per heavy atom. The lowest BCUT2D eigenvalue weighted by Gasteiger charge is -2.33. The van der Waals surface area contributed by atoms with Crippen molar-refractivity contribution < 1.29 is 22.7 Å². The molecule has 1 amide bonds. The molecular formula is C21H20Cl2N2O5S. The number of piperazine rings is 1. The molecule has 2 heterocycles. The van der Waals surface area contributed by atoms with Crippen LogP contribution < -0.4 is 9.47 Å². The summed E-state index contributed by atoms with van der Waals surface area (Å²) in [5.74, 6) is 1.14. The van der Waals surface area contributed by atoms with Crippen LogP contribution in [0.25, 0.3) is 6.08 Å². The lowest BCUT2D eigenvalue weighted by atomic mass is 10.1. The van der Waals surface area contributed by atoms with Gasteiger partial charge >= 0.3 is 0 Å². The van der Waals surface area contributed by atoms with Crippen LogP contribution in [0.3, 0.4) is 0 Å². The number of carbonyl (C=O) groups is 1. The average Bonchev–Trinajstić information content (AvgIpc) is 2.77. The Labute approximate surface area is 190 Å². The van der Waals surface area contributed by atoms with Crippen LogP contribution in [0.1, 0.15) is 5.56 Å². The van der Waals surface area contributed by atoms with Crippen LogP contribution in [-0.2, 0) is 14.8 Å². The van der Waals surface area contributed by atoms with Crippen molar-refractivity contribution in [3.63, 3.8) is 0 Å². The van der Waals surface area contributed by atoms with E-state index in [0.29, 0.717) is 24.7 Å². The van der Waals surface area contributed by atoms with Crippen molar-refractivity contribution in [2.45, 2.75) is 4.90 Å². The van der Waals surface area contributed by atoms with Gasteiger partial charge in [-0.3, -0.25) is 4.79 Å². The number of rotatable bonds is 4. The second-order valence-electron chi connectivity index (χ2n) is 7.02. The Morgan fingerprint density at radius 3 is 2.26 bits per heavy atom. The minimum atomic E-state index is -3.85. The highest BCUT2D eigenvalue weighted by atomic mass is 35.5. The van der Waals surface area contributed by atoms with Gasteiger partial charge in [0, 0.05) is 32.3 Å². The minimum Gasteiger partial charge on any atom is -0.486 e. The quantitative estimate of drug-likeness (QED) is 0.624. The smallest absolute Gasteiger partial charge is 0.246 e. The molecule has 0 bridgehead atoms. The molecule has 7 nitrogen and oxygen atoms in total. The van der Waals surface area contributed by atoms with E-state index in [2.05, 4.69) is 0 Å². The van der Waals surface area contributed by atoms with Crippen LogP contribution >= 0.6 is 23.2 Å². The average molecular weight is 483 g/mol. The summed E-state index contributed by atoms with van der Waals surface area (Å²) >= 11 is 12.2. The number of fused-ring (bicyclic) bond motifs is 1. The molecule has 0 aliphatic carbocycles. The van der Waals surface area contributed by atoms with Gasteiger partial charge in [0.15, 0.2) is 11.5 Å². The lowest BCUT2D eigenvalue weighted by Crippen LogP contribution is -2.50. The lowest BCUT2D eigenvalue weighted by molar-refractivity contribution is -0.127. The molecule has 31 heavy (non-hydrogen) atoms. The number of nitrogens with zero attached hydrogens (tertiary/aromatic N) is 2. The maximum Gasteiger partial charge on any atom is 0.246 e. The molecule has 0 spiro atoms. The molecule has 1 fully saturated rings. The molecule has 0 saturated carbocycles. The molecular weight excluding hydrogens is 463 g/mol. The number of halogens is 2. The van der Waals surface area contributed by atoms with Gasteiger partial charge in [-0.05, 0) is 35.9 Å². The van der Waals surface area contributed by atoms with Crippen molar-refractivity contribution in [2.24, 2.45) is 0 Å². The van der Waals surface area contributed by atoms with Crippen LogP contribution in [0.4, 0.5) is 0 Å². The molecule has 2 aromatic rings. The zero-order valence-corrected chi connectivity index (χ0v) is 18.8. The number of ether oxygens (including phenoxy) is 2. The second-order valence-corrected chi connectivity index (χ2v) is 9.71. The van der Waals surface area contributed by atoms with Crippen molar-refractivity contribution in [1.29, 1.82) is 0 Å². The summed E-state index contributed by atoms with van der Waals surface area (Å²) in [6, 6.07) is 10.0. The molecule has 2 aromatic carbocycles. The van der Waals surface area contributed by atoms with Crippen LogP contribution in [0.15, 0.2) is 47.4 Å². The summed E-state index contributed by atoms with van der Waals surface area (Å²) in [6.45, 7) is 1.87. The molecule has 4 rings (SSSR count). The topological polar surface area (TPSA) is 76.2 Å². The molecule has 1 saturated heterocycles. The fraction of sp³-hybridized carbons (Fsp3) is 0.286. The number of hydrogen-bond acceptors (Lipinski definition) is 5. The van der Waals surface area contributed by atoms with Crippen LogP contribution in [-0.4, -0.2) is 62.9 Å². The third kappa shape index (κ3) is 4.67. The Balaban J connectivity index is 1.39. The van der Waals surface area contributed by atoms with E-state index < -0.39 is 10.0 Å². The SMILES string of the molecule is O=C(/C=C/c1ccc2c(c1)OCCO2)N1CCN(S(=O)(=O)c2c(Cl)cccc2Cl)CC1. The molecule has 164 valence electrons. The van der Waals surface area contributed by atoms with Crippen LogP contribution in [0, 0.1) is 0 Å². The normalized spacial score (nSPS) is 17.2. The van der Waals surface area contributed by atoms with Gasteiger partial charge in [-0.15, -0.1) is 0 Å². The standard InChI is InChI=1S/C21H20Cl2N2O5S/c22-16-2-1-3-17(23)21(16)31(27,28)25-10-8-24(9-11-25)20(26)7-5-15-4-6-18-19(14-15)30-13-12-29-18/h1-7,14H,8-13H2/b7-5+. The number of carbonyl (C=O) groups excluding carboxylic acids is 1. The first-order valence-electron chi connectivity index (χ1n) is 9.67. The van der Waals surface area contributed by atoms with E-state index in [9.17, 15) is 13.2 Å². The molecule has 2 aliphatic heterocycles. The molecule has 0 aromatic heterocycles. The van der Waals surface area contributed by atoms with Crippen molar-refractivity contribution >= 4 is 45.2 Å². The molecule has 0 radical (unpaired) electrons. The van der Waals surface area contributed by atoms with Crippen molar-refractivity contribution in [3.8, 4) is 11.5 Å². The maximum absolute atomic E-state index is 13.0. The van der Waals surface area contributed by atoms with Gasteiger partial charge in [0.2, 0.25) is 15.9 Å². The largest absolute Gasteiger partial charge is 0.486 e. The van der Waals surface area contributed by atoms with E-state index in [0.717, 1.165) is 5.56 Å².